The summed E-state index contributed by atoms with van der Waals surface area (Å²) in [6.45, 7) is 12.2. The lowest BCUT2D eigenvalue weighted by atomic mass is 10.2. The quantitative estimate of drug-likeness (QED) is 0.750. The van der Waals surface area contributed by atoms with E-state index in [1.165, 1.54) is 0 Å². The van der Waals surface area contributed by atoms with E-state index >= 15 is 0 Å². The molecule has 0 atom stereocenters. The van der Waals surface area contributed by atoms with Crippen molar-refractivity contribution in [2.75, 3.05) is 0 Å². The van der Waals surface area contributed by atoms with E-state index in [4.69, 9.17) is 9.47 Å². The van der Waals surface area contributed by atoms with Gasteiger partial charge >= 0.3 is 0 Å². The predicted octanol–water partition coefficient (Wildman–Crippen LogP) is 2.84. The monoisotopic (exact) mass is 249 g/mol. The molecular weight excluding hydrogens is 228 g/mol. The second kappa shape index (κ2) is 4.73. The molecule has 2 nitrogen and oxygen atoms in total. The third-order valence-corrected chi connectivity index (χ3v) is 2.21. The molecule has 1 rings (SSSR count). The van der Waals surface area contributed by atoms with E-state index in [-0.39, 0.29) is 11.2 Å². The molecule has 0 amide bonds. The van der Waals surface area contributed by atoms with Gasteiger partial charge in [0.15, 0.2) is 0 Å². The molecule has 0 saturated heterocycles. The lowest BCUT2D eigenvalue weighted by molar-refractivity contribution is 0.122. The van der Waals surface area contributed by atoms with Gasteiger partial charge in [-0.2, -0.15) is 0 Å². The van der Waals surface area contributed by atoms with E-state index in [2.05, 4.69) is 10.2 Å². The minimum atomic E-state index is -0.220. The van der Waals surface area contributed by atoms with E-state index in [9.17, 15) is 0 Å². The maximum Gasteiger partial charge on any atom is 0.123 e. The molecule has 0 N–H and O–H groups in total. The van der Waals surface area contributed by atoms with Crippen LogP contribution in [-0.4, -0.2) is 21.4 Å². The van der Waals surface area contributed by atoms with Crippen LogP contribution in [0.25, 0.3) is 0 Å². The predicted molar refractivity (Wildman–Crippen MR) is 72.6 cm³/mol. The highest BCUT2D eigenvalue weighted by molar-refractivity contribution is 6.34. The van der Waals surface area contributed by atoms with Crippen LogP contribution in [0.15, 0.2) is 18.2 Å². The number of hydrogen-bond acceptors (Lipinski definition) is 2. The van der Waals surface area contributed by atoms with Crippen molar-refractivity contribution >= 4 is 15.4 Å². The van der Waals surface area contributed by atoms with Gasteiger partial charge in [-0.05, 0) is 52.8 Å². The highest BCUT2D eigenvalue weighted by Gasteiger charge is 2.16. The first-order valence-corrected chi connectivity index (χ1v) is 6.30. The van der Waals surface area contributed by atoms with E-state index in [1.807, 2.05) is 59.7 Å². The minimum Gasteiger partial charge on any atom is -0.488 e. The highest BCUT2D eigenvalue weighted by atomic mass is 28.1. The molecule has 1 aromatic carbocycles. The average molecular weight is 249 g/mol. The van der Waals surface area contributed by atoms with Crippen LogP contribution in [0.3, 0.4) is 0 Å². The zero-order valence-corrected chi connectivity index (χ0v) is 12.5. The number of hydrogen-bond donors (Lipinski definition) is 0. The molecule has 3 heteroatoms. The molecule has 0 spiro atoms. The molecule has 0 aliphatic rings. The summed E-state index contributed by atoms with van der Waals surface area (Å²) in [5.41, 5.74) is -0.423. The molecule has 0 bridgehead atoms. The first kappa shape index (κ1) is 14.1. The van der Waals surface area contributed by atoms with Gasteiger partial charge < -0.3 is 9.47 Å². The fraction of sp³-hybridized carbons (Fsp3) is 0.571. The van der Waals surface area contributed by atoms with Gasteiger partial charge in [0.25, 0.3) is 0 Å². The summed E-state index contributed by atoms with van der Waals surface area (Å²) in [6.07, 6.45) is 0. The van der Waals surface area contributed by atoms with Crippen molar-refractivity contribution in [2.45, 2.75) is 52.7 Å². The summed E-state index contributed by atoms with van der Waals surface area (Å²) in [5, 5.41) is 0.932. The highest BCUT2D eigenvalue weighted by Crippen LogP contribution is 2.24. The van der Waals surface area contributed by atoms with Crippen LogP contribution in [0.2, 0.25) is 0 Å². The molecule has 0 saturated carbocycles. The van der Waals surface area contributed by atoms with Crippen molar-refractivity contribution in [2.24, 2.45) is 0 Å². The van der Waals surface area contributed by atoms with Gasteiger partial charge in [-0.25, -0.2) is 0 Å². The smallest absolute Gasteiger partial charge is 0.123 e. The maximum atomic E-state index is 5.86. The second-order valence-electron chi connectivity index (χ2n) is 6.09. The molecule has 0 unspecified atom stereocenters. The summed E-state index contributed by atoms with van der Waals surface area (Å²) < 4.78 is 11.7. The molecular formula is C14H21O2Si. The van der Waals surface area contributed by atoms with Crippen molar-refractivity contribution in [1.29, 1.82) is 0 Å². The third kappa shape index (κ3) is 5.26. The van der Waals surface area contributed by atoms with Gasteiger partial charge in [0.2, 0.25) is 0 Å². The zero-order chi connectivity index (χ0) is 13.3. The third-order valence-electron chi connectivity index (χ3n) is 1.79. The molecule has 1 aromatic rings. The molecule has 0 aliphatic heterocycles. The van der Waals surface area contributed by atoms with Crippen molar-refractivity contribution in [1.82, 2.24) is 0 Å². The van der Waals surface area contributed by atoms with E-state index in [0.29, 0.717) is 0 Å². The Morgan fingerprint density at radius 2 is 1.41 bits per heavy atom. The molecule has 0 fully saturated rings. The largest absolute Gasteiger partial charge is 0.488 e. The van der Waals surface area contributed by atoms with Crippen LogP contribution in [0.4, 0.5) is 0 Å². The van der Waals surface area contributed by atoms with Gasteiger partial charge in [0, 0.05) is 6.07 Å². The Bertz CT molecular complexity index is 386. The van der Waals surface area contributed by atoms with Gasteiger partial charge in [-0.3, -0.25) is 0 Å². The Balaban J connectivity index is 2.95. The van der Waals surface area contributed by atoms with Crippen molar-refractivity contribution < 1.29 is 9.47 Å². The maximum absolute atomic E-state index is 5.86. The van der Waals surface area contributed by atoms with Crippen molar-refractivity contribution in [3.05, 3.63) is 18.2 Å². The fourth-order valence-corrected chi connectivity index (χ4v) is 1.54. The fourth-order valence-electron chi connectivity index (χ4n) is 1.33. The van der Waals surface area contributed by atoms with E-state index < -0.39 is 0 Å². The Labute approximate surface area is 108 Å². The lowest BCUT2D eigenvalue weighted by Gasteiger charge is -2.25. The number of rotatable bonds is 2. The molecule has 93 valence electrons. The number of benzene rings is 1. The van der Waals surface area contributed by atoms with Crippen molar-refractivity contribution in [3.63, 3.8) is 0 Å². The molecule has 17 heavy (non-hydrogen) atoms. The average Bonchev–Trinajstić information content (AvgIpc) is 2.05. The second-order valence-corrected chi connectivity index (χ2v) is 6.63. The number of ether oxygens (including phenoxy) is 2. The van der Waals surface area contributed by atoms with Crippen LogP contribution < -0.4 is 14.7 Å². The van der Waals surface area contributed by atoms with E-state index in [1.54, 1.807) is 0 Å². The minimum absolute atomic E-state index is 0.202. The molecule has 0 aliphatic carbocycles. The summed E-state index contributed by atoms with van der Waals surface area (Å²) in [4.78, 5) is 0. The van der Waals surface area contributed by atoms with Gasteiger partial charge in [0.05, 0.1) is 10.2 Å². The van der Waals surface area contributed by atoms with Crippen molar-refractivity contribution in [3.8, 4) is 11.5 Å². The Hall–Kier alpha value is -0.963. The summed E-state index contributed by atoms with van der Waals surface area (Å²) in [5.74, 6) is 1.62. The van der Waals surface area contributed by atoms with Gasteiger partial charge in [0.1, 0.15) is 22.7 Å². The van der Waals surface area contributed by atoms with Crippen LogP contribution in [0.1, 0.15) is 41.5 Å². The summed E-state index contributed by atoms with van der Waals surface area (Å²) in [7, 11) is 3.54. The van der Waals surface area contributed by atoms with Crippen LogP contribution in [-0.2, 0) is 0 Å². The Kier molecular flexibility index (Phi) is 3.92. The van der Waals surface area contributed by atoms with Gasteiger partial charge in [-0.15, -0.1) is 0 Å². The molecule has 0 heterocycles. The van der Waals surface area contributed by atoms with Crippen LogP contribution in [0.5, 0.6) is 11.5 Å². The Morgan fingerprint density at radius 3 is 1.88 bits per heavy atom. The van der Waals surface area contributed by atoms with Crippen LogP contribution >= 0.6 is 0 Å². The first-order valence-electron chi connectivity index (χ1n) is 5.80. The first-order chi connectivity index (χ1) is 7.57. The molecule has 0 aromatic heterocycles. The summed E-state index contributed by atoms with van der Waals surface area (Å²) >= 11 is 0. The molecule has 3 radical (unpaired) electrons. The normalized spacial score (nSPS) is 12.4. The summed E-state index contributed by atoms with van der Waals surface area (Å²) in [6, 6.07) is 5.79. The topological polar surface area (TPSA) is 18.5 Å². The van der Waals surface area contributed by atoms with E-state index in [0.717, 1.165) is 16.7 Å². The van der Waals surface area contributed by atoms with Crippen LogP contribution in [0, 0.1) is 0 Å². The SMILES string of the molecule is CC(C)(C)Oc1ccc([Si])c(OC(C)(C)C)c1. The lowest BCUT2D eigenvalue weighted by Crippen LogP contribution is -2.27. The zero-order valence-electron chi connectivity index (χ0n) is 11.5. The Morgan fingerprint density at radius 1 is 0.882 bits per heavy atom. The standard InChI is InChI=1S/C14H21O2Si/c1-13(2,3)15-10-7-8-12(17)11(9-10)16-14(4,5)6/h7-9H,1-6H3. The van der Waals surface area contributed by atoms with Gasteiger partial charge in [-0.1, -0.05) is 6.07 Å².